The molecule has 126 valence electrons. The van der Waals surface area contributed by atoms with E-state index < -0.39 is 0 Å². The molecule has 0 aliphatic heterocycles. The van der Waals surface area contributed by atoms with Crippen LogP contribution < -0.4 is 5.32 Å². The highest BCUT2D eigenvalue weighted by molar-refractivity contribution is 6.06. The van der Waals surface area contributed by atoms with Crippen molar-refractivity contribution >= 4 is 16.9 Å². The second-order valence-corrected chi connectivity index (χ2v) is 7.49. The number of hydrogen-bond acceptors (Lipinski definition) is 3. The van der Waals surface area contributed by atoms with Gasteiger partial charge in [0.05, 0.1) is 16.6 Å². The number of aromatic nitrogens is 3. The van der Waals surface area contributed by atoms with Crippen molar-refractivity contribution in [1.29, 1.82) is 0 Å². The number of nitrogens with zero attached hydrogens (tertiary/aromatic N) is 3. The highest BCUT2D eigenvalue weighted by Crippen LogP contribution is 2.22. The number of unbranched alkanes of at least 4 members (excludes halogenated alkanes) is 1. The van der Waals surface area contributed by atoms with E-state index in [4.69, 9.17) is 0 Å². The van der Waals surface area contributed by atoms with Crippen LogP contribution in [0.4, 0.5) is 0 Å². The van der Waals surface area contributed by atoms with Crippen LogP contribution in [0.2, 0.25) is 0 Å². The standard InChI is InChI=1S/C18H28N4O/c1-12-11-14(15-13(2)21-22(6)16(15)20-12)17(23)19-10-8-7-9-18(3,4)5/h11H,7-10H2,1-6H3,(H,19,23). The van der Waals surface area contributed by atoms with Gasteiger partial charge in [0.1, 0.15) is 0 Å². The largest absolute Gasteiger partial charge is 0.352 e. The van der Waals surface area contributed by atoms with Gasteiger partial charge >= 0.3 is 0 Å². The van der Waals surface area contributed by atoms with Crippen LogP contribution in [0.1, 0.15) is 61.8 Å². The van der Waals surface area contributed by atoms with Crippen LogP contribution in [-0.4, -0.2) is 27.2 Å². The first kappa shape index (κ1) is 17.4. The van der Waals surface area contributed by atoms with Crippen LogP contribution in [0.15, 0.2) is 6.07 Å². The molecule has 0 spiro atoms. The second kappa shape index (κ2) is 6.69. The number of fused-ring (bicyclic) bond motifs is 1. The van der Waals surface area contributed by atoms with E-state index in [0.717, 1.165) is 35.3 Å². The van der Waals surface area contributed by atoms with Crippen molar-refractivity contribution in [1.82, 2.24) is 20.1 Å². The Morgan fingerprint density at radius 2 is 1.96 bits per heavy atom. The average molecular weight is 316 g/mol. The molecule has 0 fully saturated rings. The Balaban J connectivity index is 2.07. The third-order valence-corrected chi connectivity index (χ3v) is 3.98. The SMILES string of the molecule is Cc1cc(C(=O)NCCCCC(C)(C)C)c2c(C)nn(C)c2n1. The van der Waals surface area contributed by atoms with Crippen LogP contribution in [0.25, 0.3) is 11.0 Å². The van der Waals surface area contributed by atoms with Gasteiger partial charge in [0.25, 0.3) is 5.91 Å². The van der Waals surface area contributed by atoms with Crippen LogP contribution in [0, 0.1) is 19.3 Å². The molecule has 1 amide bonds. The monoisotopic (exact) mass is 316 g/mol. The Kier molecular flexibility index (Phi) is 5.07. The number of amides is 1. The van der Waals surface area contributed by atoms with E-state index in [-0.39, 0.29) is 5.91 Å². The van der Waals surface area contributed by atoms with E-state index in [1.165, 1.54) is 6.42 Å². The summed E-state index contributed by atoms with van der Waals surface area (Å²) in [6.07, 6.45) is 3.30. The molecule has 0 radical (unpaired) electrons. The molecular formula is C18H28N4O. The van der Waals surface area contributed by atoms with Crippen LogP contribution in [0.3, 0.4) is 0 Å². The summed E-state index contributed by atoms with van der Waals surface area (Å²) in [6.45, 7) is 11.3. The molecule has 0 saturated carbocycles. The summed E-state index contributed by atoms with van der Waals surface area (Å²) in [5.41, 5.74) is 3.46. The quantitative estimate of drug-likeness (QED) is 0.858. The van der Waals surface area contributed by atoms with E-state index in [1.807, 2.05) is 27.0 Å². The first-order valence-corrected chi connectivity index (χ1v) is 8.28. The molecule has 2 aromatic rings. The minimum atomic E-state index is -0.0349. The highest BCUT2D eigenvalue weighted by Gasteiger charge is 2.17. The van der Waals surface area contributed by atoms with Gasteiger partial charge in [-0.3, -0.25) is 9.48 Å². The Labute approximate surface area is 138 Å². The zero-order valence-electron chi connectivity index (χ0n) is 15.2. The van der Waals surface area contributed by atoms with Crippen molar-refractivity contribution in [2.24, 2.45) is 12.5 Å². The number of carbonyl (C=O) groups is 1. The van der Waals surface area contributed by atoms with Gasteiger partial charge in [0.15, 0.2) is 5.65 Å². The zero-order chi connectivity index (χ0) is 17.2. The number of nitrogens with one attached hydrogen (secondary N) is 1. The van der Waals surface area contributed by atoms with Crippen LogP contribution in [0.5, 0.6) is 0 Å². The maximum Gasteiger partial charge on any atom is 0.252 e. The average Bonchev–Trinajstić information content (AvgIpc) is 2.71. The molecule has 0 unspecified atom stereocenters. The lowest BCUT2D eigenvalue weighted by Gasteiger charge is -2.17. The van der Waals surface area contributed by atoms with Gasteiger partial charge in [-0.15, -0.1) is 0 Å². The minimum absolute atomic E-state index is 0.0349. The van der Waals surface area contributed by atoms with Gasteiger partial charge in [-0.2, -0.15) is 5.10 Å². The van der Waals surface area contributed by atoms with Crippen molar-refractivity contribution < 1.29 is 4.79 Å². The van der Waals surface area contributed by atoms with Gasteiger partial charge < -0.3 is 5.32 Å². The van der Waals surface area contributed by atoms with E-state index in [1.54, 1.807) is 4.68 Å². The summed E-state index contributed by atoms with van der Waals surface area (Å²) < 4.78 is 1.73. The summed E-state index contributed by atoms with van der Waals surface area (Å²) in [5, 5.41) is 8.27. The van der Waals surface area contributed by atoms with E-state index >= 15 is 0 Å². The van der Waals surface area contributed by atoms with E-state index in [9.17, 15) is 4.79 Å². The Morgan fingerprint density at radius 1 is 1.26 bits per heavy atom. The molecule has 1 N–H and O–H groups in total. The highest BCUT2D eigenvalue weighted by atomic mass is 16.1. The predicted molar refractivity (Wildman–Crippen MR) is 93.6 cm³/mol. The molecule has 0 aliphatic carbocycles. The zero-order valence-corrected chi connectivity index (χ0v) is 15.2. The topological polar surface area (TPSA) is 59.8 Å². The van der Waals surface area contributed by atoms with Crippen LogP contribution >= 0.6 is 0 Å². The molecule has 5 heteroatoms. The second-order valence-electron chi connectivity index (χ2n) is 7.49. The summed E-state index contributed by atoms with van der Waals surface area (Å²) >= 11 is 0. The molecule has 0 bridgehead atoms. The van der Waals surface area contributed by atoms with Crippen LogP contribution in [-0.2, 0) is 7.05 Å². The third kappa shape index (κ3) is 4.30. The smallest absolute Gasteiger partial charge is 0.252 e. The Morgan fingerprint density at radius 3 is 2.61 bits per heavy atom. The first-order valence-electron chi connectivity index (χ1n) is 8.28. The minimum Gasteiger partial charge on any atom is -0.352 e. The molecule has 23 heavy (non-hydrogen) atoms. The fourth-order valence-electron chi connectivity index (χ4n) is 2.83. The third-order valence-electron chi connectivity index (χ3n) is 3.98. The molecule has 0 atom stereocenters. The number of aryl methyl sites for hydroxylation is 3. The van der Waals surface area contributed by atoms with Crippen molar-refractivity contribution in [3.8, 4) is 0 Å². The molecule has 0 aliphatic rings. The van der Waals surface area contributed by atoms with Gasteiger partial charge in [-0.05, 0) is 38.2 Å². The Bertz CT molecular complexity index is 710. The summed E-state index contributed by atoms with van der Waals surface area (Å²) in [4.78, 5) is 17.1. The number of hydrogen-bond donors (Lipinski definition) is 1. The molecular weight excluding hydrogens is 288 g/mol. The van der Waals surface area contributed by atoms with Gasteiger partial charge in [0, 0.05) is 19.3 Å². The fraction of sp³-hybridized carbons (Fsp3) is 0.611. The molecule has 0 aromatic carbocycles. The maximum absolute atomic E-state index is 12.6. The lowest BCUT2D eigenvalue weighted by molar-refractivity contribution is 0.0954. The normalized spacial score (nSPS) is 11.9. The molecule has 2 rings (SSSR count). The van der Waals surface area contributed by atoms with Crippen molar-refractivity contribution in [2.45, 2.75) is 53.9 Å². The van der Waals surface area contributed by atoms with Crippen molar-refractivity contribution in [3.05, 3.63) is 23.0 Å². The molecule has 2 heterocycles. The first-order chi connectivity index (χ1) is 10.7. The molecule has 2 aromatic heterocycles. The molecule has 0 saturated heterocycles. The number of pyridine rings is 1. The Hall–Kier alpha value is -1.91. The predicted octanol–water partition coefficient (Wildman–Crippen LogP) is 3.53. The van der Waals surface area contributed by atoms with Crippen molar-refractivity contribution in [2.75, 3.05) is 6.54 Å². The van der Waals surface area contributed by atoms with Crippen molar-refractivity contribution in [3.63, 3.8) is 0 Å². The van der Waals surface area contributed by atoms with E-state index in [0.29, 0.717) is 17.5 Å². The van der Waals surface area contributed by atoms with Gasteiger partial charge in [-0.1, -0.05) is 27.2 Å². The molecule has 5 nitrogen and oxygen atoms in total. The fourth-order valence-corrected chi connectivity index (χ4v) is 2.83. The lowest BCUT2D eigenvalue weighted by Crippen LogP contribution is -2.25. The lowest BCUT2D eigenvalue weighted by atomic mass is 9.90. The summed E-state index contributed by atoms with van der Waals surface area (Å²) in [5.74, 6) is -0.0349. The summed E-state index contributed by atoms with van der Waals surface area (Å²) in [7, 11) is 1.86. The number of carbonyl (C=O) groups excluding carboxylic acids is 1. The maximum atomic E-state index is 12.6. The number of rotatable bonds is 5. The van der Waals surface area contributed by atoms with Gasteiger partial charge in [0.2, 0.25) is 0 Å². The van der Waals surface area contributed by atoms with Gasteiger partial charge in [-0.25, -0.2) is 4.98 Å². The summed E-state index contributed by atoms with van der Waals surface area (Å²) in [6, 6.07) is 1.85. The van der Waals surface area contributed by atoms with E-state index in [2.05, 4.69) is 36.2 Å².